The van der Waals surface area contributed by atoms with Crippen LogP contribution in [-0.2, 0) is 0 Å². The zero-order valence-electron chi connectivity index (χ0n) is 16.0. The van der Waals surface area contributed by atoms with Crippen LogP contribution in [0.5, 0.6) is 0 Å². The van der Waals surface area contributed by atoms with Gasteiger partial charge in [-0.05, 0) is 41.3 Å². The third-order valence-electron chi connectivity index (χ3n) is 5.45. The minimum atomic E-state index is 0.917. The average molecular weight is 384 g/mol. The van der Waals surface area contributed by atoms with E-state index < -0.39 is 0 Å². The standard InChI is InChI=1S/C26H16N4/c1-2-4-24-18(3-1)10-23(15-28-24)17-5-7-20-14-29-25(12-22(20)9-17)19-6-8-21-13-27-16-30-26(21)11-19/h1-16H. The zero-order valence-corrected chi connectivity index (χ0v) is 16.0. The first-order valence-corrected chi connectivity index (χ1v) is 9.79. The summed E-state index contributed by atoms with van der Waals surface area (Å²) in [6.45, 7) is 0. The molecule has 0 unspecified atom stereocenters. The minimum absolute atomic E-state index is 0.917. The Morgan fingerprint density at radius 1 is 0.467 bits per heavy atom. The first kappa shape index (κ1) is 16.7. The van der Waals surface area contributed by atoms with Crippen molar-refractivity contribution >= 4 is 32.6 Å². The molecule has 3 aromatic heterocycles. The number of hydrogen-bond acceptors (Lipinski definition) is 4. The quantitative estimate of drug-likeness (QED) is 0.364. The highest BCUT2D eigenvalue weighted by Gasteiger charge is 2.06. The largest absolute Gasteiger partial charge is 0.256 e. The number of benzene rings is 3. The van der Waals surface area contributed by atoms with Crippen molar-refractivity contribution in [1.29, 1.82) is 0 Å². The Bertz CT molecular complexity index is 1440. The fourth-order valence-corrected chi connectivity index (χ4v) is 3.84. The topological polar surface area (TPSA) is 51.6 Å². The molecular weight excluding hydrogens is 368 g/mol. The highest BCUT2D eigenvalue weighted by atomic mass is 14.8. The van der Waals surface area contributed by atoms with Crippen molar-refractivity contribution in [2.45, 2.75) is 0 Å². The Labute approximate surface area is 172 Å². The molecule has 0 radical (unpaired) electrons. The van der Waals surface area contributed by atoms with Gasteiger partial charge in [-0.25, -0.2) is 9.97 Å². The minimum Gasteiger partial charge on any atom is -0.256 e. The number of nitrogens with zero attached hydrogens (tertiary/aromatic N) is 4. The molecule has 0 fully saturated rings. The van der Waals surface area contributed by atoms with Crippen LogP contribution in [-0.4, -0.2) is 19.9 Å². The van der Waals surface area contributed by atoms with Gasteiger partial charge in [-0.2, -0.15) is 0 Å². The maximum atomic E-state index is 4.67. The summed E-state index contributed by atoms with van der Waals surface area (Å²) in [6, 6.07) is 25.1. The lowest BCUT2D eigenvalue weighted by molar-refractivity contribution is 1.22. The van der Waals surface area contributed by atoms with Gasteiger partial charge in [0.25, 0.3) is 0 Å². The highest BCUT2D eigenvalue weighted by molar-refractivity contribution is 5.92. The van der Waals surface area contributed by atoms with Crippen molar-refractivity contribution in [3.63, 3.8) is 0 Å². The summed E-state index contributed by atoms with van der Waals surface area (Å²) >= 11 is 0. The van der Waals surface area contributed by atoms with Gasteiger partial charge < -0.3 is 0 Å². The molecule has 0 saturated carbocycles. The number of para-hydroxylation sites is 1. The van der Waals surface area contributed by atoms with Gasteiger partial charge in [0, 0.05) is 45.9 Å². The molecule has 0 N–H and O–H groups in total. The van der Waals surface area contributed by atoms with E-state index in [-0.39, 0.29) is 0 Å². The van der Waals surface area contributed by atoms with Gasteiger partial charge in [-0.15, -0.1) is 0 Å². The number of fused-ring (bicyclic) bond motifs is 3. The lowest BCUT2D eigenvalue weighted by Crippen LogP contribution is -1.88. The Hall–Kier alpha value is -4.18. The number of rotatable bonds is 2. The molecule has 0 aliphatic heterocycles. The van der Waals surface area contributed by atoms with Crippen LogP contribution >= 0.6 is 0 Å². The van der Waals surface area contributed by atoms with E-state index in [1.54, 1.807) is 6.33 Å². The third kappa shape index (κ3) is 2.86. The van der Waals surface area contributed by atoms with Crippen molar-refractivity contribution in [3.8, 4) is 22.4 Å². The molecule has 0 amide bonds. The lowest BCUT2D eigenvalue weighted by Gasteiger charge is -2.08. The fraction of sp³-hybridized carbons (Fsp3) is 0. The number of aromatic nitrogens is 4. The van der Waals surface area contributed by atoms with Crippen LogP contribution in [0.15, 0.2) is 97.7 Å². The Morgan fingerprint density at radius 3 is 2.33 bits per heavy atom. The molecule has 3 heterocycles. The van der Waals surface area contributed by atoms with Crippen LogP contribution in [0, 0.1) is 0 Å². The molecule has 6 rings (SSSR count). The molecular formula is C26H16N4. The summed E-state index contributed by atoms with van der Waals surface area (Å²) in [6.07, 6.45) is 7.26. The molecule has 140 valence electrons. The van der Waals surface area contributed by atoms with E-state index in [1.807, 2.05) is 42.9 Å². The summed E-state index contributed by atoms with van der Waals surface area (Å²) in [5.74, 6) is 0. The first-order valence-electron chi connectivity index (χ1n) is 9.79. The number of pyridine rings is 2. The summed E-state index contributed by atoms with van der Waals surface area (Å²) < 4.78 is 0. The Balaban J connectivity index is 1.46. The van der Waals surface area contributed by atoms with Crippen LogP contribution in [0.4, 0.5) is 0 Å². The van der Waals surface area contributed by atoms with Crippen molar-refractivity contribution < 1.29 is 0 Å². The summed E-state index contributed by atoms with van der Waals surface area (Å²) in [4.78, 5) is 17.7. The van der Waals surface area contributed by atoms with Crippen LogP contribution < -0.4 is 0 Å². The lowest BCUT2D eigenvalue weighted by atomic mass is 10.0. The van der Waals surface area contributed by atoms with Crippen molar-refractivity contribution in [1.82, 2.24) is 19.9 Å². The maximum absolute atomic E-state index is 4.67. The predicted octanol–water partition coefficient (Wildman–Crippen LogP) is 6.06. The van der Waals surface area contributed by atoms with Crippen molar-refractivity contribution in [2.75, 3.05) is 0 Å². The van der Waals surface area contributed by atoms with Gasteiger partial charge in [-0.1, -0.05) is 42.5 Å². The van der Waals surface area contributed by atoms with Crippen LogP contribution in [0.3, 0.4) is 0 Å². The Kier molecular flexibility index (Phi) is 3.74. The summed E-state index contributed by atoms with van der Waals surface area (Å²) in [5, 5.41) is 4.42. The smallest absolute Gasteiger partial charge is 0.116 e. The predicted molar refractivity (Wildman–Crippen MR) is 121 cm³/mol. The molecule has 0 aliphatic carbocycles. The fourth-order valence-electron chi connectivity index (χ4n) is 3.84. The van der Waals surface area contributed by atoms with Gasteiger partial charge in [0.2, 0.25) is 0 Å². The summed E-state index contributed by atoms with van der Waals surface area (Å²) in [7, 11) is 0. The normalized spacial score (nSPS) is 11.3. The maximum Gasteiger partial charge on any atom is 0.116 e. The van der Waals surface area contributed by atoms with Crippen LogP contribution in [0.25, 0.3) is 55.0 Å². The second-order valence-corrected chi connectivity index (χ2v) is 7.34. The second kappa shape index (κ2) is 6.71. The second-order valence-electron chi connectivity index (χ2n) is 7.34. The van der Waals surface area contributed by atoms with E-state index in [0.717, 1.165) is 55.0 Å². The van der Waals surface area contributed by atoms with Gasteiger partial charge in [0.15, 0.2) is 0 Å². The molecule has 0 saturated heterocycles. The molecule has 3 aromatic carbocycles. The molecule has 0 atom stereocenters. The number of hydrogen-bond donors (Lipinski definition) is 0. The molecule has 30 heavy (non-hydrogen) atoms. The van der Waals surface area contributed by atoms with E-state index in [9.17, 15) is 0 Å². The molecule has 0 bridgehead atoms. The third-order valence-corrected chi connectivity index (χ3v) is 5.45. The molecule has 6 aromatic rings. The summed E-state index contributed by atoms with van der Waals surface area (Å²) in [5.41, 5.74) is 6.15. The zero-order chi connectivity index (χ0) is 19.9. The Morgan fingerprint density at radius 2 is 1.33 bits per heavy atom. The van der Waals surface area contributed by atoms with E-state index in [2.05, 4.69) is 68.5 Å². The van der Waals surface area contributed by atoms with Gasteiger partial charge in [-0.3, -0.25) is 9.97 Å². The monoisotopic (exact) mass is 384 g/mol. The van der Waals surface area contributed by atoms with Gasteiger partial charge >= 0.3 is 0 Å². The van der Waals surface area contributed by atoms with Gasteiger partial charge in [0.1, 0.15) is 6.33 Å². The molecule has 0 spiro atoms. The SMILES string of the molecule is c1ccc2ncc(-c3ccc4cnc(-c5ccc6cncnc6c5)cc4c3)cc2c1. The molecule has 4 heteroatoms. The van der Waals surface area contributed by atoms with Crippen molar-refractivity contribution in [3.05, 3.63) is 97.7 Å². The average Bonchev–Trinajstić information content (AvgIpc) is 2.82. The first-order chi connectivity index (χ1) is 14.8. The highest BCUT2D eigenvalue weighted by Crippen LogP contribution is 2.29. The molecule has 0 aliphatic rings. The van der Waals surface area contributed by atoms with Crippen LogP contribution in [0.2, 0.25) is 0 Å². The van der Waals surface area contributed by atoms with E-state index in [0.29, 0.717) is 0 Å². The van der Waals surface area contributed by atoms with E-state index >= 15 is 0 Å². The van der Waals surface area contributed by atoms with E-state index in [4.69, 9.17) is 0 Å². The van der Waals surface area contributed by atoms with E-state index in [1.165, 1.54) is 0 Å². The van der Waals surface area contributed by atoms with Crippen LogP contribution in [0.1, 0.15) is 0 Å². The van der Waals surface area contributed by atoms with Gasteiger partial charge in [0.05, 0.1) is 16.7 Å². The molecule has 4 nitrogen and oxygen atoms in total. The van der Waals surface area contributed by atoms with Crippen molar-refractivity contribution in [2.24, 2.45) is 0 Å².